The summed E-state index contributed by atoms with van der Waals surface area (Å²) in [6, 6.07) is 9.75. The maximum atomic E-state index is 3.76. The van der Waals surface area contributed by atoms with Crippen LogP contribution in [0.1, 0.15) is 51.2 Å². The van der Waals surface area contributed by atoms with Crippen LogP contribution in [0.5, 0.6) is 0 Å². The number of benzene rings is 1. The minimum absolute atomic E-state index is 0.708. The molecule has 18 heavy (non-hydrogen) atoms. The lowest BCUT2D eigenvalue weighted by molar-refractivity contribution is 0.227. The number of rotatable bonds is 4. The summed E-state index contributed by atoms with van der Waals surface area (Å²) in [4.78, 5) is 0. The molecule has 1 aromatic carbocycles. The summed E-state index contributed by atoms with van der Waals surface area (Å²) in [5, 5.41) is 3.76. The van der Waals surface area contributed by atoms with Crippen LogP contribution in [0.3, 0.4) is 0 Å². The lowest BCUT2D eigenvalue weighted by atomic mass is 9.80. The minimum atomic E-state index is 0.708. The quantitative estimate of drug-likeness (QED) is 0.839. The van der Waals surface area contributed by atoms with E-state index in [0.717, 1.165) is 24.8 Å². The van der Waals surface area contributed by atoms with E-state index in [2.05, 4.69) is 50.4 Å². The van der Waals surface area contributed by atoms with Crippen LogP contribution in [-0.2, 0) is 13.0 Å². The lowest BCUT2D eigenvalue weighted by Crippen LogP contribution is -2.39. The average Bonchev–Trinajstić information content (AvgIpc) is 2.40. The van der Waals surface area contributed by atoms with Crippen molar-refractivity contribution in [3.8, 4) is 0 Å². The molecule has 1 aliphatic rings. The summed E-state index contributed by atoms with van der Waals surface area (Å²) in [6.45, 7) is 8.00. The van der Waals surface area contributed by atoms with Crippen LogP contribution in [0.15, 0.2) is 24.3 Å². The van der Waals surface area contributed by atoms with Crippen LogP contribution in [-0.4, -0.2) is 6.04 Å². The molecule has 1 fully saturated rings. The summed E-state index contributed by atoms with van der Waals surface area (Å²) in [5.74, 6) is 1.72. The SMILES string of the molecule is CCc1ccc(CNC2CC(C)CCC2C)cc1. The molecule has 0 heterocycles. The van der Waals surface area contributed by atoms with E-state index in [-0.39, 0.29) is 0 Å². The molecule has 3 unspecified atom stereocenters. The highest BCUT2D eigenvalue weighted by Gasteiger charge is 2.24. The number of hydrogen-bond acceptors (Lipinski definition) is 1. The van der Waals surface area contributed by atoms with Gasteiger partial charge in [0, 0.05) is 12.6 Å². The van der Waals surface area contributed by atoms with Gasteiger partial charge in [0.05, 0.1) is 0 Å². The van der Waals surface area contributed by atoms with E-state index in [1.165, 1.54) is 30.4 Å². The molecule has 1 N–H and O–H groups in total. The van der Waals surface area contributed by atoms with E-state index in [1.54, 1.807) is 0 Å². The molecule has 1 nitrogen and oxygen atoms in total. The van der Waals surface area contributed by atoms with Crippen molar-refractivity contribution in [3.05, 3.63) is 35.4 Å². The predicted octanol–water partition coefficient (Wildman–Crippen LogP) is 4.16. The van der Waals surface area contributed by atoms with Gasteiger partial charge in [-0.25, -0.2) is 0 Å². The minimum Gasteiger partial charge on any atom is -0.310 e. The second-order valence-electron chi connectivity index (χ2n) is 6.05. The van der Waals surface area contributed by atoms with Gasteiger partial charge < -0.3 is 5.32 Å². The molecule has 0 aliphatic heterocycles. The topological polar surface area (TPSA) is 12.0 Å². The van der Waals surface area contributed by atoms with Crippen molar-refractivity contribution in [3.63, 3.8) is 0 Å². The summed E-state index contributed by atoms with van der Waals surface area (Å²) in [5.41, 5.74) is 2.84. The average molecular weight is 245 g/mol. The number of hydrogen-bond donors (Lipinski definition) is 1. The summed E-state index contributed by atoms with van der Waals surface area (Å²) >= 11 is 0. The van der Waals surface area contributed by atoms with Crippen LogP contribution >= 0.6 is 0 Å². The van der Waals surface area contributed by atoms with E-state index in [0.29, 0.717) is 6.04 Å². The Morgan fingerprint density at radius 1 is 1.06 bits per heavy atom. The van der Waals surface area contributed by atoms with Crippen molar-refractivity contribution in [2.24, 2.45) is 11.8 Å². The Kier molecular flexibility index (Phi) is 4.82. The zero-order valence-electron chi connectivity index (χ0n) is 12.1. The molecule has 0 saturated heterocycles. The fourth-order valence-electron chi connectivity index (χ4n) is 2.96. The van der Waals surface area contributed by atoms with Crippen LogP contribution in [0.25, 0.3) is 0 Å². The van der Waals surface area contributed by atoms with Gasteiger partial charge in [0.2, 0.25) is 0 Å². The van der Waals surface area contributed by atoms with Gasteiger partial charge in [0.1, 0.15) is 0 Å². The molecule has 0 amide bonds. The van der Waals surface area contributed by atoms with Gasteiger partial charge in [0.25, 0.3) is 0 Å². The lowest BCUT2D eigenvalue weighted by Gasteiger charge is -2.33. The van der Waals surface area contributed by atoms with E-state index >= 15 is 0 Å². The van der Waals surface area contributed by atoms with Crippen LogP contribution < -0.4 is 5.32 Å². The Morgan fingerprint density at radius 3 is 2.39 bits per heavy atom. The van der Waals surface area contributed by atoms with E-state index in [4.69, 9.17) is 0 Å². The van der Waals surface area contributed by atoms with Gasteiger partial charge in [-0.3, -0.25) is 0 Å². The first kappa shape index (κ1) is 13.6. The van der Waals surface area contributed by atoms with Gasteiger partial charge in [-0.05, 0) is 42.2 Å². The fourth-order valence-corrected chi connectivity index (χ4v) is 2.96. The predicted molar refractivity (Wildman–Crippen MR) is 78.6 cm³/mol. The Hall–Kier alpha value is -0.820. The Labute approximate surface area is 112 Å². The van der Waals surface area contributed by atoms with Crippen LogP contribution in [0.2, 0.25) is 0 Å². The largest absolute Gasteiger partial charge is 0.310 e. The summed E-state index contributed by atoms with van der Waals surface area (Å²) < 4.78 is 0. The number of nitrogens with one attached hydrogen (secondary N) is 1. The molecule has 3 atom stereocenters. The van der Waals surface area contributed by atoms with Gasteiger partial charge in [-0.15, -0.1) is 0 Å². The number of aryl methyl sites for hydroxylation is 1. The van der Waals surface area contributed by atoms with Crippen molar-refractivity contribution in [1.82, 2.24) is 5.32 Å². The smallest absolute Gasteiger partial charge is 0.0208 e. The molecule has 0 aromatic heterocycles. The highest BCUT2D eigenvalue weighted by atomic mass is 14.9. The summed E-state index contributed by atoms with van der Waals surface area (Å²) in [7, 11) is 0. The molecule has 1 aromatic rings. The second kappa shape index (κ2) is 6.38. The van der Waals surface area contributed by atoms with Crippen LogP contribution in [0, 0.1) is 11.8 Å². The zero-order chi connectivity index (χ0) is 13.0. The molecule has 0 bridgehead atoms. The van der Waals surface area contributed by atoms with Gasteiger partial charge in [-0.1, -0.05) is 51.5 Å². The molecule has 0 radical (unpaired) electrons. The molecule has 2 rings (SSSR count). The first-order chi connectivity index (χ1) is 8.69. The van der Waals surface area contributed by atoms with E-state index < -0.39 is 0 Å². The maximum Gasteiger partial charge on any atom is 0.0208 e. The summed E-state index contributed by atoms with van der Waals surface area (Å²) in [6.07, 6.45) is 5.26. The molecule has 1 heteroatoms. The van der Waals surface area contributed by atoms with Crippen LogP contribution in [0.4, 0.5) is 0 Å². The highest BCUT2D eigenvalue weighted by molar-refractivity contribution is 5.22. The van der Waals surface area contributed by atoms with Crippen molar-refractivity contribution in [1.29, 1.82) is 0 Å². The second-order valence-corrected chi connectivity index (χ2v) is 6.05. The molecule has 0 spiro atoms. The first-order valence-electron chi connectivity index (χ1n) is 7.50. The van der Waals surface area contributed by atoms with Crippen molar-refractivity contribution in [2.45, 2.75) is 59.0 Å². The Morgan fingerprint density at radius 2 is 1.72 bits per heavy atom. The van der Waals surface area contributed by atoms with Crippen molar-refractivity contribution < 1.29 is 0 Å². The normalized spacial score (nSPS) is 28.3. The Balaban J connectivity index is 1.86. The monoisotopic (exact) mass is 245 g/mol. The molecular weight excluding hydrogens is 218 g/mol. The van der Waals surface area contributed by atoms with Crippen molar-refractivity contribution in [2.75, 3.05) is 0 Å². The third-order valence-electron chi connectivity index (χ3n) is 4.46. The maximum absolute atomic E-state index is 3.76. The molecule has 1 aliphatic carbocycles. The van der Waals surface area contributed by atoms with Crippen molar-refractivity contribution >= 4 is 0 Å². The zero-order valence-corrected chi connectivity index (χ0v) is 12.1. The molecule has 1 saturated carbocycles. The third kappa shape index (κ3) is 3.58. The first-order valence-corrected chi connectivity index (χ1v) is 7.50. The van der Waals surface area contributed by atoms with Gasteiger partial charge in [-0.2, -0.15) is 0 Å². The standard InChI is InChI=1S/C17H27N/c1-4-15-7-9-16(10-8-15)12-18-17-11-13(2)5-6-14(17)3/h7-10,13-14,17-18H,4-6,11-12H2,1-3H3. The molecular formula is C17H27N. The Bertz CT molecular complexity index is 354. The fraction of sp³-hybridized carbons (Fsp3) is 0.647. The highest BCUT2D eigenvalue weighted by Crippen LogP contribution is 2.28. The van der Waals surface area contributed by atoms with E-state index in [9.17, 15) is 0 Å². The molecule has 100 valence electrons. The van der Waals surface area contributed by atoms with E-state index in [1.807, 2.05) is 0 Å². The third-order valence-corrected chi connectivity index (χ3v) is 4.46. The van der Waals surface area contributed by atoms with Gasteiger partial charge in [0.15, 0.2) is 0 Å². The van der Waals surface area contributed by atoms with Gasteiger partial charge >= 0.3 is 0 Å².